The van der Waals surface area contributed by atoms with Crippen molar-refractivity contribution in [2.75, 3.05) is 41.0 Å². The number of hydrogen-bond acceptors (Lipinski definition) is 6. The van der Waals surface area contributed by atoms with Crippen molar-refractivity contribution in [3.8, 4) is 5.75 Å². The Hall–Kier alpha value is -1.44. The molecule has 0 amide bonds. The van der Waals surface area contributed by atoms with Gasteiger partial charge in [0.1, 0.15) is 11.9 Å². The highest BCUT2D eigenvalue weighted by molar-refractivity contribution is 7.53. The highest BCUT2D eigenvalue weighted by Crippen LogP contribution is 2.49. The first kappa shape index (κ1) is 35.6. The van der Waals surface area contributed by atoms with Gasteiger partial charge in [0.15, 0.2) is 5.78 Å². The van der Waals surface area contributed by atoms with Crippen molar-refractivity contribution >= 4 is 13.6 Å². The molecule has 0 bridgehead atoms. The molecule has 39 heavy (non-hydrogen) atoms. The summed E-state index contributed by atoms with van der Waals surface area (Å²) in [5, 5.41) is 11.6. The Morgan fingerprint density at radius 3 is 1.90 bits per heavy atom. The van der Waals surface area contributed by atoms with Crippen molar-refractivity contribution in [3.63, 3.8) is 0 Å². The van der Waals surface area contributed by atoms with Gasteiger partial charge < -0.3 is 28.5 Å². The first-order chi connectivity index (χ1) is 18.5. The summed E-state index contributed by atoms with van der Waals surface area (Å²) in [4.78, 5) is 22.0. The molecule has 8 nitrogen and oxygen atoms in total. The third kappa shape index (κ3) is 16.4. The van der Waals surface area contributed by atoms with Gasteiger partial charge in [-0.2, -0.15) is 0 Å². The first-order valence-corrected chi connectivity index (χ1v) is 16.4. The molecule has 3 unspecified atom stereocenters. The van der Waals surface area contributed by atoms with E-state index >= 15 is 0 Å². The van der Waals surface area contributed by atoms with Crippen LogP contribution in [0.5, 0.6) is 5.75 Å². The molecule has 0 saturated carbocycles. The zero-order valence-electron chi connectivity index (χ0n) is 25.1. The molecule has 1 aromatic carbocycles. The molecule has 0 aromatic heterocycles. The average molecular weight is 572 g/mol. The van der Waals surface area contributed by atoms with Crippen molar-refractivity contribution in [1.82, 2.24) is 0 Å². The maximum Gasteiger partial charge on any atom is 0.383 e. The Labute approximate surface area is 237 Å². The van der Waals surface area contributed by atoms with E-state index in [1.165, 1.54) is 77.6 Å². The molecule has 0 spiro atoms. The van der Waals surface area contributed by atoms with Gasteiger partial charge >= 0.3 is 13.6 Å². The van der Waals surface area contributed by atoms with E-state index in [1.807, 2.05) is 24.3 Å². The van der Waals surface area contributed by atoms with Gasteiger partial charge in [0.25, 0.3) is 0 Å². The van der Waals surface area contributed by atoms with Crippen LogP contribution in [0.3, 0.4) is 0 Å². The Morgan fingerprint density at radius 2 is 1.44 bits per heavy atom. The predicted molar refractivity (Wildman–Crippen MR) is 155 cm³/mol. The third-order valence-electron chi connectivity index (χ3n) is 6.85. The number of unbranched alkanes of at least 4 members (excludes halogenated alkanes) is 11. The van der Waals surface area contributed by atoms with Crippen molar-refractivity contribution in [2.45, 2.75) is 109 Å². The number of carbonyl (C=O) groups is 1. The fourth-order valence-corrected chi connectivity index (χ4v) is 6.13. The highest BCUT2D eigenvalue weighted by atomic mass is 31.2. The van der Waals surface area contributed by atoms with Gasteiger partial charge in [-0.15, -0.1) is 0 Å². The fraction of sp³-hybridized carbons (Fsp3) is 0.767. The lowest BCUT2D eigenvalue weighted by Crippen LogP contribution is -2.50. The number of quaternary nitrogens is 1. The van der Waals surface area contributed by atoms with Crippen LogP contribution >= 0.6 is 7.60 Å². The zero-order valence-corrected chi connectivity index (χ0v) is 26.0. The van der Waals surface area contributed by atoms with Crippen molar-refractivity contribution in [1.29, 1.82) is 0 Å². The smallest absolute Gasteiger partial charge is 0.383 e. The largest absolute Gasteiger partial charge is 0.850 e. The van der Waals surface area contributed by atoms with Gasteiger partial charge in [0.2, 0.25) is 0 Å². The molecule has 0 aliphatic carbocycles. The summed E-state index contributed by atoms with van der Waals surface area (Å²) in [6, 6.07) is 7.53. The average Bonchev–Trinajstić information content (AvgIpc) is 2.85. The van der Waals surface area contributed by atoms with Crippen molar-refractivity contribution in [3.05, 3.63) is 29.8 Å². The molecule has 3 atom stereocenters. The molecular formula is C30H54NO7P. The standard InChI is InChI=1S/C30H54NO7P/c1-6-7-8-9-10-11-12-13-14-15-16-17-22-36-28-20-18-27(19-21-28)23-29(38-26(2)33)25-37-39(34,35)30(24-32)31(3,4)5/h18-21,29-30H,6-17,22-25H2,1-5H3,(H,34,35). The summed E-state index contributed by atoms with van der Waals surface area (Å²) < 4.78 is 29.2. The Bertz CT molecular complexity index is 826. The number of hydrogen-bond donors (Lipinski definition) is 1. The Morgan fingerprint density at radius 1 is 0.923 bits per heavy atom. The Kier molecular flexibility index (Phi) is 17.9. The monoisotopic (exact) mass is 571 g/mol. The first-order valence-electron chi connectivity index (χ1n) is 14.7. The molecule has 0 radical (unpaired) electrons. The quantitative estimate of drug-likeness (QED) is 0.0762. The molecule has 226 valence electrons. The topological polar surface area (TPSA) is 105 Å². The van der Waals surface area contributed by atoms with E-state index in [0.29, 0.717) is 13.0 Å². The van der Waals surface area contributed by atoms with Crippen LogP contribution in [0, 0.1) is 0 Å². The lowest BCUT2D eigenvalue weighted by atomic mass is 10.1. The summed E-state index contributed by atoms with van der Waals surface area (Å²) in [5.41, 5.74) is 0.877. The van der Waals surface area contributed by atoms with Crippen LogP contribution in [-0.4, -0.2) is 68.2 Å². The molecule has 0 saturated heterocycles. The molecule has 0 aliphatic rings. The second kappa shape index (κ2) is 19.6. The molecular weight excluding hydrogens is 517 g/mol. The van der Waals surface area contributed by atoms with Gasteiger partial charge in [-0.05, 0) is 24.1 Å². The maximum absolute atomic E-state index is 12.7. The van der Waals surface area contributed by atoms with E-state index in [2.05, 4.69) is 6.92 Å². The lowest BCUT2D eigenvalue weighted by Gasteiger charge is -2.37. The fourth-order valence-electron chi connectivity index (χ4n) is 4.52. The number of ether oxygens (including phenoxy) is 2. The minimum absolute atomic E-state index is 0.00374. The van der Waals surface area contributed by atoms with Gasteiger partial charge in [-0.25, -0.2) is 0 Å². The minimum Gasteiger partial charge on any atom is -0.850 e. The molecule has 9 heteroatoms. The van der Waals surface area contributed by atoms with Crippen LogP contribution in [0.4, 0.5) is 0 Å². The van der Waals surface area contributed by atoms with Gasteiger partial charge in [0, 0.05) is 13.3 Å². The van der Waals surface area contributed by atoms with E-state index in [1.54, 1.807) is 21.1 Å². The van der Waals surface area contributed by atoms with E-state index < -0.39 is 32.1 Å². The van der Waals surface area contributed by atoms with Gasteiger partial charge in [0.05, 0.1) is 34.4 Å². The number of nitrogens with zero attached hydrogens (tertiary/aromatic N) is 1. The van der Waals surface area contributed by atoms with Crippen LogP contribution in [0.2, 0.25) is 0 Å². The van der Waals surface area contributed by atoms with Crippen molar-refractivity contribution in [2.24, 2.45) is 0 Å². The van der Waals surface area contributed by atoms with Crippen LogP contribution in [-0.2, 0) is 25.0 Å². The zero-order chi connectivity index (χ0) is 29.2. The summed E-state index contributed by atoms with van der Waals surface area (Å²) in [6.07, 6.45) is 15.2. The lowest BCUT2D eigenvalue weighted by molar-refractivity contribution is -0.889. The Balaban J connectivity index is 2.36. The SMILES string of the molecule is CCCCCCCCCCCCCCOc1ccc(CC(COP(=O)(O)C(C[O-])[N+](C)(C)C)OC(C)=O)cc1. The van der Waals surface area contributed by atoms with E-state index in [4.69, 9.17) is 14.0 Å². The van der Waals surface area contributed by atoms with E-state index in [0.717, 1.165) is 17.7 Å². The summed E-state index contributed by atoms with van der Waals surface area (Å²) >= 11 is 0. The maximum atomic E-state index is 12.7. The highest BCUT2D eigenvalue weighted by Gasteiger charge is 2.40. The number of esters is 1. The normalized spacial score (nSPS) is 14.9. The number of carbonyl (C=O) groups excluding carboxylic acids is 1. The summed E-state index contributed by atoms with van der Waals surface area (Å²) in [6.45, 7) is 3.19. The number of likely N-dealkylation sites (N-methyl/N-ethyl adjacent to an activating group) is 1. The van der Waals surface area contributed by atoms with Crippen LogP contribution in [0.1, 0.15) is 96.5 Å². The molecule has 1 rings (SSSR count). The molecule has 0 fully saturated rings. The molecule has 1 N–H and O–H groups in total. The predicted octanol–water partition coefficient (Wildman–Crippen LogP) is 5.84. The molecule has 1 aromatic rings. The number of benzene rings is 1. The van der Waals surface area contributed by atoms with Crippen LogP contribution < -0.4 is 9.84 Å². The molecule has 0 heterocycles. The second-order valence-corrected chi connectivity index (χ2v) is 13.4. The number of rotatable bonds is 23. The minimum atomic E-state index is -4.22. The van der Waals surface area contributed by atoms with Crippen LogP contribution in [0.25, 0.3) is 0 Å². The van der Waals surface area contributed by atoms with Gasteiger partial charge in [-0.3, -0.25) is 9.36 Å². The van der Waals surface area contributed by atoms with Crippen LogP contribution in [0.15, 0.2) is 24.3 Å². The summed E-state index contributed by atoms with van der Waals surface area (Å²) in [7, 11) is 0.781. The van der Waals surface area contributed by atoms with E-state index in [9.17, 15) is 19.4 Å². The van der Waals surface area contributed by atoms with Crippen molar-refractivity contribution < 1.29 is 37.8 Å². The van der Waals surface area contributed by atoms with Gasteiger partial charge in [-0.1, -0.05) is 96.3 Å². The summed E-state index contributed by atoms with van der Waals surface area (Å²) in [5.74, 6) is -0.842. The third-order valence-corrected chi connectivity index (χ3v) is 8.97. The second-order valence-electron chi connectivity index (χ2n) is 11.4. The van der Waals surface area contributed by atoms with E-state index in [-0.39, 0.29) is 11.1 Å². The molecule has 0 aliphatic heterocycles.